The predicted octanol–water partition coefficient (Wildman–Crippen LogP) is 5.74. The van der Waals surface area contributed by atoms with Crippen molar-refractivity contribution in [3.8, 4) is 0 Å². The van der Waals surface area contributed by atoms with Gasteiger partial charge in [-0.25, -0.2) is 4.57 Å². The normalized spacial score (nSPS) is 27.4. The maximum Gasteiger partial charge on any atom is 0.472 e. The van der Waals surface area contributed by atoms with Crippen molar-refractivity contribution in [2.24, 2.45) is 5.73 Å². The van der Waals surface area contributed by atoms with Gasteiger partial charge in [0.05, 0.1) is 32.7 Å². The van der Waals surface area contributed by atoms with Crippen molar-refractivity contribution in [2.45, 2.75) is 229 Å². The molecule has 0 amide bonds. The summed E-state index contributed by atoms with van der Waals surface area (Å²) < 4.78 is 55.8. The zero-order valence-corrected chi connectivity index (χ0v) is 40.8. The molecule has 388 valence electrons. The lowest BCUT2D eigenvalue weighted by atomic mass is 9.98. The summed E-state index contributed by atoms with van der Waals surface area (Å²) in [6.45, 7) is 2.36. The minimum Gasteiger partial charge on any atom is -0.498 e. The van der Waals surface area contributed by atoms with E-state index in [1.807, 2.05) is 6.08 Å². The van der Waals surface area contributed by atoms with Crippen molar-refractivity contribution in [1.29, 1.82) is 0 Å². The van der Waals surface area contributed by atoms with Gasteiger partial charge in [-0.15, -0.1) is 0 Å². The van der Waals surface area contributed by atoms with Crippen LogP contribution in [0.1, 0.15) is 162 Å². The van der Waals surface area contributed by atoms with Crippen LogP contribution in [0.3, 0.4) is 0 Å². The number of aliphatic hydroxyl groups is 6. The van der Waals surface area contributed by atoms with Crippen molar-refractivity contribution in [3.63, 3.8) is 0 Å². The molecule has 66 heavy (non-hydrogen) atoms. The molecule has 0 radical (unpaired) electrons. The lowest BCUT2D eigenvalue weighted by Gasteiger charge is -2.43. The quantitative estimate of drug-likeness (QED) is 0.0120. The fourth-order valence-electron chi connectivity index (χ4n) is 7.54. The smallest absolute Gasteiger partial charge is 0.472 e. The first kappa shape index (κ1) is 60.5. The number of rotatable bonds is 40. The largest absolute Gasteiger partial charge is 0.498 e. The van der Waals surface area contributed by atoms with Gasteiger partial charge in [0.15, 0.2) is 18.7 Å². The highest BCUT2D eigenvalue weighted by Gasteiger charge is 2.48. The maximum atomic E-state index is 13.0. The molecule has 2 fully saturated rings. The molecule has 0 spiro atoms. The number of carbonyl (C=O) groups excluding carboxylic acids is 1. The Balaban J connectivity index is 1.92. The van der Waals surface area contributed by atoms with E-state index in [9.17, 15) is 44.9 Å². The summed E-state index contributed by atoms with van der Waals surface area (Å²) in [5.41, 5.74) is 5.28. The molecule has 2 saturated heterocycles. The summed E-state index contributed by atoms with van der Waals surface area (Å²) in [6.07, 6.45) is 15.8. The van der Waals surface area contributed by atoms with Gasteiger partial charge >= 0.3 is 13.8 Å². The van der Waals surface area contributed by atoms with Crippen molar-refractivity contribution in [2.75, 3.05) is 39.6 Å². The SMILES string of the molecule is CCCCCC/C=C\CCCCCCCC(=O)O[C@H](CO/C=C\CCCCCCCCCCCC)CO[C@@H]1O[C@H](CO[C@@H]2O[C@H](COP(=O)(O)OCCN)[C@@H](O)C(O)C2O)[C@@H](O)C(O)C1O. The molecule has 19 heteroatoms. The van der Waals surface area contributed by atoms with Crippen LogP contribution in [0.4, 0.5) is 0 Å². The molecule has 5 unspecified atom stereocenters. The third-order valence-corrected chi connectivity index (χ3v) is 12.6. The standard InChI is InChI=1S/C47H88NO17P/c1-3-5-7-9-11-13-15-17-18-20-22-24-26-28-39(49)63-36(32-58-30-27-25-23-21-19-16-14-12-10-8-6-4-2)33-59-46-44(54)42(52)40(50)37(64-46)34-60-47-45(55)43(53)41(51)38(65-47)35-62-66(56,57)61-31-29-48/h13,15,27,30,36-38,40-47,50-55H,3-12,14,16-26,28-29,31-35,48H2,1-2H3,(H,56,57)/b15-13-,30-27-/t36-,37-,38-,40-,41-,42?,43?,44?,45?,46-,47-/m1/s1. The summed E-state index contributed by atoms with van der Waals surface area (Å²) in [7, 11) is -4.60. The van der Waals surface area contributed by atoms with Gasteiger partial charge in [-0.2, -0.15) is 0 Å². The van der Waals surface area contributed by atoms with E-state index in [1.54, 1.807) is 6.26 Å². The van der Waals surface area contributed by atoms with Crippen LogP contribution in [0.5, 0.6) is 0 Å². The van der Waals surface area contributed by atoms with Crippen molar-refractivity contribution in [3.05, 3.63) is 24.5 Å². The van der Waals surface area contributed by atoms with Crippen LogP contribution in [-0.2, 0) is 46.8 Å². The third kappa shape index (κ3) is 26.4. The molecular weight excluding hydrogens is 881 g/mol. The van der Waals surface area contributed by atoms with Gasteiger partial charge in [0.1, 0.15) is 55.4 Å². The average Bonchev–Trinajstić information content (AvgIpc) is 3.30. The number of nitrogens with two attached hydrogens (primary N) is 1. The molecule has 2 aliphatic heterocycles. The number of aliphatic hydroxyl groups excluding tert-OH is 6. The number of phosphoric acid groups is 1. The molecule has 0 aromatic carbocycles. The molecule has 0 aromatic heterocycles. The van der Waals surface area contributed by atoms with E-state index in [0.29, 0.717) is 6.42 Å². The maximum absolute atomic E-state index is 13.0. The second kappa shape index (κ2) is 37.3. The summed E-state index contributed by atoms with van der Waals surface area (Å²) >= 11 is 0. The molecular formula is C47H88NO17P. The lowest BCUT2D eigenvalue weighted by molar-refractivity contribution is -0.332. The topological polar surface area (TPSA) is 276 Å². The highest BCUT2D eigenvalue weighted by atomic mass is 31.2. The van der Waals surface area contributed by atoms with E-state index in [-0.39, 0.29) is 32.8 Å². The summed E-state index contributed by atoms with van der Waals surface area (Å²) in [6, 6.07) is 0. The Morgan fingerprint density at radius 2 is 1.06 bits per heavy atom. The van der Waals surface area contributed by atoms with Crippen molar-refractivity contribution < 1.29 is 82.4 Å². The number of esters is 1. The van der Waals surface area contributed by atoms with Gasteiger partial charge in [0, 0.05) is 13.0 Å². The molecule has 0 saturated carbocycles. The van der Waals surface area contributed by atoms with Crippen molar-refractivity contribution >= 4 is 13.8 Å². The number of allylic oxidation sites excluding steroid dienone is 3. The van der Waals surface area contributed by atoms with E-state index in [1.165, 1.54) is 77.0 Å². The first-order valence-corrected chi connectivity index (χ1v) is 26.4. The zero-order chi connectivity index (χ0) is 48.4. The average molecular weight is 970 g/mol. The van der Waals surface area contributed by atoms with E-state index in [2.05, 4.69) is 30.5 Å². The molecule has 2 aliphatic rings. The monoisotopic (exact) mass is 970 g/mol. The number of hydrogen-bond donors (Lipinski definition) is 8. The van der Waals surface area contributed by atoms with Gasteiger partial charge < -0.3 is 69.7 Å². The third-order valence-electron chi connectivity index (χ3n) is 11.6. The van der Waals surface area contributed by atoms with Crippen LogP contribution in [0, 0.1) is 0 Å². The molecule has 0 bridgehead atoms. The molecule has 0 aliphatic carbocycles. The lowest BCUT2D eigenvalue weighted by Crippen LogP contribution is -2.62. The molecule has 12 atom stereocenters. The second-order valence-electron chi connectivity index (χ2n) is 17.5. The molecule has 2 rings (SSSR count). The Kier molecular flexibility index (Phi) is 34.2. The number of unbranched alkanes of at least 4 members (excludes halogenated alkanes) is 19. The fraction of sp³-hybridized carbons (Fsp3) is 0.894. The van der Waals surface area contributed by atoms with Gasteiger partial charge in [-0.05, 0) is 51.0 Å². The minimum absolute atomic E-state index is 0.0617. The van der Waals surface area contributed by atoms with Crippen LogP contribution in [0.2, 0.25) is 0 Å². The Labute approximate surface area is 394 Å². The van der Waals surface area contributed by atoms with Crippen LogP contribution < -0.4 is 5.73 Å². The van der Waals surface area contributed by atoms with Gasteiger partial charge in [-0.3, -0.25) is 13.8 Å². The van der Waals surface area contributed by atoms with E-state index >= 15 is 0 Å². The first-order valence-electron chi connectivity index (χ1n) is 24.9. The van der Waals surface area contributed by atoms with Crippen LogP contribution in [0.15, 0.2) is 24.5 Å². The number of ether oxygens (including phenoxy) is 6. The van der Waals surface area contributed by atoms with E-state index < -0.39 is 94.5 Å². The molecule has 18 nitrogen and oxygen atoms in total. The molecule has 9 N–H and O–H groups in total. The zero-order valence-electron chi connectivity index (χ0n) is 39.9. The molecule has 2 heterocycles. The van der Waals surface area contributed by atoms with Gasteiger partial charge in [0.25, 0.3) is 0 Å². The first-order chi connectivity index (χ1) is 31.8. The summed E-state index contributed by atoms with van der Waals surface area (Å²) in [5, 5.41) is 63.7. The fourth-order valence-corrected chi connectivity index (χ4v) is 8.29. The van der Waals surface area contributed by atoms with E-state index in [4.69, 9.17) is 38.7 Å². The van der Waals surface area contributed by atoms with Gasteiger partial charge in [0.2, 0.25) is 0 Å². The van der Waals surface area contributed by atoms with Gasteiger partial charge in [-0.1, -0.05) is 122 Å². The summed E-state index contributed by atoms with van der Waals surface area (Å²) in [5.74, 6) is -0.439. The van der Waals surface area contributed by atoms with Crippen LogP contribution in [-0.4, -0.2) is 149 Å². The van der Waals surface area contributed by atoms with E-state index in [0.717, 1.165) is 57.8 Å². The Morgan fingerprint density at radius 1 is 0.591 bits per heavy atom. The number of phosphoric ester groups is 1. The Morgan fingerprint density at radius 3 is 1.61 bits per heavy atom. The number of hydrogen-bond acceptors (Lipinski definition) is 17. The van der Waals surface area contributed by atoms with Crippen LogP contribution in [0.25, 0.3) is 0 Å². The molecule has 0 aromatic rings. The Hall–Kier alpha value is -1.58. The second-order valence-corrected chi connectivity index (χ2v) is 19.0. The Bertz CT molecular complexity index is 1310. The van der Waals surface area contributed by atoms with Crippen molar-refractivity contribution in [1.82, 2.24) is 0 Å². The highest BCUT2D eigenvalue weighted by Crippen LogP contribution is 2.43. The summed E-state index contributed by atoms with van der Waals surface area (Å²) in [4.78, 5) is 22.8. The predicted molar refractivity (Wildman–Crippen MR) is 248 cm³/mol. The number of carbonyl (C=O) groups is 1. The highest BCUT2D eigenvalue weighted by molar-refractivity contribution is 7.47. The van der Waals surface area contributed by atoms with Crippen LogP contribution >= 0.6 is 7.82 Å². The minimum atomic E-state index is -4.60.